The van der Waals surface area contributed by atoms with Crippen molar-refractivity contribution in [2.75, 3.05) is 19.7 Å². The first-order valence-corrected chi connectivity index (χ1v) is 9.14. The summed E-state index contributed by atoms with van der Waals surface area (Å²) in [6.07, 6.45) is 2.96. The number of hydrogen-bond acceptors (Lipinski definition) is 4. The first-order chi connectivity index (χ1) is 13.2. The molecule has 1 amide bonds. The fraction of sp³-hybridized carbons (Fsp3) is 0.318. The van der Waals surface area contributed by atoms with Gasteiger partial charge in [0.15, 0.2) is 6.61 Å². The molecule has 0 atom stereocenters. The molecule has 0 aliphatic carbocycles. The summed E-state index contributed by atoms with van der Waals surface area (Å²) < 4.78 is 5.13. The molecule has 0 N–H and O–H groups in total. The first-order valence-electron chi connectivity index (χ1n) is 9.14. The zero-order chi connectivity index (χ0) is 19.1. The van der Waals surface area contributed by atoms with Crippen LogP contribution in [0.5, 0.6) is 0 Å². The van der Waals surface area contributed by atoms with Crippen molar-refractivity contribution in [3.63, 3.8) is 0 Å². The molecule has 1 aliphatic rings. The SMILES string of the molecule is N#Cc1ccc(C(=O)OCC(=O)N2CCC(Cc3ccccc3)CC2)cc1. The predicted molar refractivity (Wildman–Crippen MR) is 101 cm³/mol. The van der Waals surface area contributed by atoms with Gasteiger partial charge in [-0.15, -0.1) is 0 Å². The number of carbonyl (C=O) groups is 2. The summed E-state index contributed by atoms with van der Waals surface area (Å²) in [6.45, 7) is 1.15. The van der Waals surface area contributed by atoms with E-state index in [-0.39, 0.29) is 12.5 Å². The molecule has 0 spiro atoms. The molecule has 5 heteroatoms. The lowest BCUT2D eigenvalue weighted by Gasteiger charge is -2.32. The second kappa shape index (κ2) is 9.00. The highest BCUT2D eigenvalue weighted by Gasteiger charge is 2.23. The quantitative estimate of drug-likeness (QED) is 0.766. The van der Waals surface area contributed by atoms with Crippen molar-refractivity contribution in [1.29, 1.82) is 5.26 Å². The normalized spacial score (nSPS) is 14.4. The highest BCUT2D eigenvalue weighted by atomic mass is 16.5. The van der Waals surface area contributed by atoms with Crippen molar-refractivity contribution < 1.29 is 14.3 Å². The highest BCUT2D eigenvalue weighted by molar-refractivity contribution is 5.91. The van der Waals surface area contributed by atoms with Crippen LogP contribution in [-0.2, 0) is 16.0 Å². The summed E-state index contributed by atoms with van der Waals surface area (Å²) in [7, 11) is 0. The number of nitriles is 1. The number of benzene rings is 2. The second-order valence-corrected chi connectivity index (χ2v) is 6.78. The van der Waals surface area contributed by atoms with E-state index in [4.69, 9.17) is 10.00 Å². The lowest BCUT2D eigenvalue weighted by atomic mass is 9.90. The number of nitrogens with zero attached hydrogens (tertiary/aromatic N) is 2. The topological polar surface area (TPSA) is 70.4 Å². The van der Waals surface area contributed by atoms with Gasteiger partial charge in [0.05, 0.1) is 17.2 Å². The van der Waals surface area contributed by atoms with Crippen LogP contribution >= 0.6 is 0 Å². The van der Waals surface area contributed by atoms with Crippen LogP contribution in [0.15, 0.2) is 54.6 Å². The van der Waals surface area contributed by atoms with Crippen LogP contribution < -0.4 is 0 Å². The van der Waals surface area contributed by atoms with Gasteiger partial charge in [0.2, 0.25) is 0 Å². The number of carbonyl (C=O) groups excluding carboxylic acids is 2. The molecule has 138 valence electrons. The van der Waals surface area contributed by atoms with Crippen molar-refractivity contribution >= 4 is 11.9 Å². The monoisotopic (exact) mass is 362 g/mol. The molecule has 1 fully saturated rings. The second-order valence-electron chi connectivity index (χ2n) is 6.78. The molecule has 0 saturated carbocycles. The van der Waals surface area contributed by atoms with Crippen molar-refractivity contribution in [3.8, 4) is 6.07 Å². The molecule has 1 saturated heterocycles. The Bertz CT molecular complexity index is 817. The van der Waals surface area contributed by atoms with Gasteiger partial charge < -0.3 is 9.64 Å². The number of esters is 1. The maximum absolute atomic E-state index is 12.3. The first kappa shape index (κ1) is 18.7. The van der Waals surface area contributed by atoms with E-state index in [0.717, 1.165) is 19.3 Å². The fourth-order valence-electron chi connectivity index (χ4n) is 3.32. The molecule has 0 bridgehead atoms. The molecule has 2 aromatic carbocycles. The Kier molecular flexibility index (Phi) is 6.22. The average Bonchev–Trinajstić information content (AvgIpc) is 2.73. The van der Waals surface area contributed by atoms with Gasteiger partial charge in [-0.25, -0.2) is 4.79 Å². The van der Waals surface area contributed by atoms with Gasteiger partial charge in [-0.2, -0.15) is 5.26 Å². The van der Waals surface area contributed by atoms with Gasteiger partial charge in [0, 0.05) is 13.1 Å². The Morgan fingerprint density at radius 2 is 1.70 bits per heavy atom. The van der Waals surface area contributed by atoms with Gasteiger partial charge in [0.1, 0.15) is 0 Å². The van der Waals surface area contributed by atoms with Crippen LogP contribution in [-0.4, -0.2) is 36.5 Å². The summed E-state index contributed by atoms with van der Waals surface area (Å²) in [6, 6.07) is 18.6. The van der Waals surface area contributed by atoms with E-state index in [1.807, 2.05) is 12.1 Å². The summed E-state index contributed by atoms with van der Waals surface area (Å²) >= 11 is 0. The Labute approximate surface area is 159 Å². The van der Waals surface area contributed by atoms with Crippen LogP contribution in [0.3, 0.4) is 0 Å². The van der Waals surface area contributed by atoms with Crippen molar-refractivity contribution in [1.82, 2.24) is 4.90 Å². The number of hydrogen-bond donors (Lipinski definition) is 0. The van der Waals surface area contributed by atoms with Crippen LogP contribution in [0.2, 0.25) is 0 Å². The molecule has 0 unspecified atom stereocenters. The molecular weight excluding hydrogens is 340 g/mol. The Hall–Kier alpha value is -3.13. The van der Waals surface area contributed by atoms with Crippen molar-refractivity contribution in [3.05, 3.63) is 71.3 Å². The zero-order valence-corrected chi connectivity index (χ0v) is 15.1. The largest absolute Gasteiger partial charge is 0.452 e. The van der Waals surface area contributed by atoms with Gasteiger partial charge in [0.25, 0.3) is 5.91 Å². The number of rotatable bonds is 5. The molecule has 1 heterocycles. The third-order valence-corrected chi connectivity index (χ3v) is 4.91. The number of likely N-dealkylation sites (tertiary alicyclic amines) is 1. The van der Waals surface area contributed by atoms with Crippen LogP contribution in [0.4, 0.5) is 0 Å². The Morgan fingerprint density at radius 1 is 1.04 bits per heavy atom. The predicted octanol–water partition coefficient (Wildman–Crippen LogP) is 3.20. The molecule has 0 radical (unpaired) electrons. The van der Waals surface area contributed by atoms with Crippen molar-refractivity contribution in [2.45, 2.75) is 19.3 Å². The third kappa shape index (κ3) is 5.18. The number of piperidine rings is 1. The molecular formula is C22H22N2O3. The van der Waals surface area contributed by atoms with E-state index in [0.29, 0.717) is 30.1 Å². The van der Waals surface area contributed by atoms with E-state index in [9.17, 15) is 9.59 Å². The molecule has 1 aliphatic heterocycles. The standard InChI is InChI=1S/C22H22N2O3/c23-15-19-6-8-20(9-7-19)22(26)27-16-21(25)24-12-10-18(11-13-24)14-17-4-2-1-3-5-17/h1-9,18H,10-14,16H2. The lowest BCUT2D eigenvalue weighted by Crippen LogP contribution is -2.41. The summed E-state index contributed by atoms with van der Waals surface area (Å²) in [5.41, 5.74) is 2.14. The van der Waals surface area contributed by atoms with Crippen molar-refractivity contribution in [2.24, 2.45) is 5.92 Å². The average molecular weight is 362 g/mol. The van der Waals surface area contributed by atoms with Gasteiger partial charge in [-0.05, 0) is 55.0 Å². The van der Waals surface area contributed by atoms with Gasteiger partial charge in [-0.3, -0.25) is 4.79 Å². The molecule has 3 rings (SSSR count). The maximum Gasteiger partial charge on any atom is 0.338 e. The van der Waals surface area contributed by atoms with E-state index in [1.54, 1.807) is 17.0 Å². The molecule has 0 aromatic heterocycles. The van der Waals surface area contributed by atoms with E-state index in [2.05, 4.69) is 24.3 Å². The minimum atomic E-state index is -0.549. The lowest BCUT2D eigenvalue weighted by molar-refractivity contribution is -0.135. The number of ether oxygens (including phenoxy) is 1. The maximum atomic E-state index is 12.3. The molecule has 2 aromatic rings. The van der Waals surface area contributed by atoms with E-state index in [1.165, 1.54) is 17.7 Å². The van der Waals surface area contributed by atoms with E-state index >= 15 is 0 Å². The molecule has 27 heavy (non-hydrogen) atoms. The van der Waals surface area contributed by atoms with Gasteiger partial charge >= 0.3 is 5.97 Å². The third-order valence-electron chi connectivity index (χ3n) is 4.91. The summed E-state index contributed by atoms with van der Waals surface area (Å²) in [4.78, 5) is 26.1. The Morgan fingerprint density at radius 3 is 2.33 bits per heavy atom. The van der Waals surface area contributed by atoms with Gasteiger partial charge in [-0.1, -0.05) is 30.3 Å². The van der Waals surface area contributed by atoms with Crippen LogP contribution in [0.1, 0.15) is 34.3 Å². The summed E-state index contributed by atoms with van der Waals surface area (Å²) in [5, 5.41) is 8.77. The van der Waals surface area contributed by atoms with E-state index < -0.39 is 5.97 Å². The minimum Gasteiger partial charge on any atom is -0.452 e. The zero-order valence-electron chi connectivity index (χ0n) is 15.1. The fourth-order valence-corrected chi connectivity index (χ4v) is 3.32. The minimum absolute atomic E-state index is 0.157. The highest BCUT2D eigenvalue weighted by Crippen LogP contribution is 2.21. The smallest absolute Gasteiger partial charge is 0.338 e. The molecule has 5 nitrogen and oxygen atoms in total. The summed E-state index contributed by atoms with van der Waals surface area (Å²) in [5.74, 6) is -0.125. The number of amides is 1. The van der Waals surface area contributed by atoms with Crippen LogP contribution in [0.25, 0.3) is 0 Å². The van der Waals surface area contributed by atoms with Crippen LogP contribution in [0, 0.1) is 17.2 Å². The Balaban J connectivity index is 1.42.